The van der Waals surface area contributed by atoms with Crippen LogP contribution in [0.2, 0.25) is 0 Å². The van der Waals surface area contributed by atoms with E-state index in [2.05, 4.69) is 10.3 Å². The predicted molar refractivity (Wildman–Crippen MR) is 87.3 cm³/mol. The summed E-state index contributed by atoms with van der Waals surface area (Å²) >= 11 is 0. The molecule has 0 bridgehead atoms. The summed E-state index contributed by atoms with van der Waals surface area (Å²) in [6.07, 6.45) is 4.25. The summed E-state index contributed by atoms with van der Waals surface area (Å²) in [5, 5.41) is 3.39. The van der Waals surface area contributed by atoms with Gasteiger partial charge in [-0.3, -0.25) is 14.6 Å². The van der Waals surface area contributed by atoms with Gasteiger partial charge in [0.05, 0.1) is 17.8 Å². The van der Waals surface area contributed by atoms with Crippen molar-refractivity contribution in [2.24, 2.45) is 0 Å². The first-order chi connectivity index (χ1) is 11.2. The van der Waals surface area contributed by atoms with Gasteiger partial charge in [0.1, 0.15) is 5.56 Å². The number of nitrogens with zero attached hydrogens (tertiary/aromatic N) is 2. The summed E-state index contributed by atoms with van der Waals surface area (Å²) in [6, 6.07) is 11.2. The van der Waals surface area contributed by atoms with E-state index in [0.29, 0.717) is 11.9 Å². The highest BCUT2D eigenvalue weighted by Crippen LogP contribution is 2.23. The van der Waals surface area contributed by atoms with Crippen LogP contribution >= 0.6 is 0 Å². The first kappa shape index (κ1) is 13.7. The third kappa shape index (κ3) is 2.30. The number of para-hydroxylation sites is 1. The lowest BCUT2D eigenvalue weighted by Gasteiger charge is -2.09. The summed E-state index contributed by atoms with van der Waals surface area (Å²) in [7, 11) is 0. The molecule has 1 aliphatic rings. The highest BCUT2D eigenvalue weighted by Gasteiger charge is 2.20. The lowest BCUT2D eigenvalue weighted by Crippen LogP contribution is -2.29. The van der Waals surface area contributed by atoms with Gasteiger partial charge >= 0.3 is 0 Å². The molecule has 1 aliphatic heterocycles. The second-order valence-electron chi connectivity index (χ2n) is 5.63. The van der Waals surface area contributed by atoms with Gasteiger partial charge in [0.2, 0.25) is 5.43 Å². The van der Waals surface area contributed by atoms with Crippen molar-refractivity contribution in [3.05, 3.63) is 75.8 Å². The maximum absolute atomic E-state index is 12.6. The van der Waals surface area contributed by atoms with Crippen molar-refractivity contribution in [2.45, 2.75) is 19.5 Å². The summed E-state index contributed by atoms with van der Waals surface area (Å²) in [5.41, 5.74) is 2.86. The van der Waals surface area contributed by atoms with Crippen LogP contribution < -0.4 is 10.7 Å². The number of rotatable bonds is 3. The van der Waals surface area contributed by atoms with Crippen molar-refractivity contribution >= 4 is 16.8 Å². The molecule has 114 valence electrons. The molecular weight excluding hydrogens is 290 g/mol. The van der Waals surface area contributed by atoms with Gasteiger partial charge in [-0.05, 0) is 30.2 Å². The third-order valence-corrected chi connectivity index (χ3v) is 4.20. The third-order valence-electron chi connectivity index (χ3n) is 4.20. The lowest BCUT2D eigenvalue weighted by atomic mass is 10.1. The zero-order chi connectivity index (χ0) is 15.8. The molecule has 0 spiro atoms. The molecule has 0 aliphatic carbocycles. The number of aromatic nitrogens is 2. The Morgan fingerprint density at radius 2 is 2.13 bits per heavy atom. The molecule has 0 unspecified atom stereocenters. The van der Waals surface area contributed by atoms with E-state index in [0.717, 1.165) is 24.2 Å². The number of amides is 1. The summed E-state index contributed by atoms with van der Waals surface area (Å²) in [6.45, 7) is 1.10. The minimum Gasteiger partial charge on any atom is -0.346 e. The topological polar surface area (TPSA) is 64.0 Å². The molecule has 0 atom stereocenters. The van der Waals surface area contributed by atoms with Crippen LogP contribution in [-0.4, -0.2) is 15.5 Å². The Labute approximate surface area is 132 Å². The fourth-order valence-electron chi connectivity index (χ4n) is 3.09. The Bertz CT molecular complexity index is 961. The van der Waals surface area contributed by atoms with Gasteiger partial charge < -0.3 is 9.88 Å². The van der Waals surface area contributed by atoms with Crippen LogP contribution in [0.4, 0.5) is 0 Å². The van der Waals surface area contributed by atoms with E-state index in [1.807, 2.05) is 34.9 Å². The second-order valence-corrected chi connectivity index (χ2v) is 5.63. The maximum Gasteiger partial charge on any atom is 0.257 e. The minimum atomic E-state index is -0.358. The smallest absolute Gasteiger partial charge is 0.257 e. The van der Waals surface area contributed by atoms with Gasteiger partial charge in [-0.15, -0.1) is 0 Å². The van der Waals surface area contributed by atoms with E-state index in [1.54, 1.807) is 18.5 Å². The molecule has 1 amide bonds. The fourth-order valence-corrected chi connectivity index (χ4v) is 3.09. The Morgan fingerprint density at radius 1 is 1.22 bits per heavy atom. The average molecular weight is 305 g/mol. The molecule has 2 aromatic heterocycles. The molecule has 0 radical (unpaired) electrons. The number of nitrogens with one attached hydrogen (secondary N) is 1. The molecule has 1 N–H and O–H groups in total. The van der Waals surface area contributed by atoms with Gasteiger partial charge in [0.15, 0.2) is 0 Å². The standard InChI is InChI=1S/C18H15N3O2/c22-17-14-6-3-4-12-7-9-21(16(12)14)11-15(17)18(23)20-10-13-5-1-2-8-19-13/h1-6,8,11H,7,9-10H2,(H,20,23). The Morgan fingerprint density at radius 3 is 2.96 bits per heavy atom. The molecule has 0 saturated heterocycles. The lowest BCUT2D eigenvalue weighted by molar-refractivity contribution is 0.0949. The molecule has 23 heavy (non-hydrogen) atoms. The molecule has 0 saturated carbocycles. The molecule has 4 rings (SSSR count). The molecule has 3 aromatic rings. The SMILES string of the molecule is O=C(NCc1ccccn1)c1cn2c3c(cccc3c1=O)CC2. The number of aryl methyl sites for hydroxylation is 2. The maximum atomic E-state index is 12.6. The summed E-state index contributed by atoms with van der Waals surface area (Å²) in [4.78, 5) is 29.2. The first-order valence-corrected chi connectivity index (χ1v) is 7.57. The number of carbonyl (C=O) groups excluding carboxylic acids is 1. The van der Waals surface area contributed by atoms with Crippen molar-refractivity contribution in [1.82, 2.24) is 14.9 Å². The highest BCUT2D eigenvalue weighted by molar-refractivity contribution is 5.98. The van der Waals surface area contributed by atoms with Crippen LogP contribution in [0.25, 0.3) is 10.9 Å². The predicted octanol–water partition coefficient (Wildman–Crippen LogP) is 1.88. The van der Waals surface area contributed by atoms with Gasteiger partial charge in [0, 0.05) is 24.3 Å². The average Bonchev–Trinajstić information content (AvgIpc) is 3.01. The fraction of sp³-hybridized carbons (Fsp3) is 0.167. The van der Waals surface area contributed by atoms with Crippen molar-refractivity contribution in [1.29, 1.82) is 0 Å². The molecule has 3 heterocycles. The highest BCUT2D eigenvalue weighted by atomic mass is 16.2. The second kappa shape index (κ2) is 5.35. The normalized spacial score (nSPS) is 12.5. The van der Waals surface area contributed by atoms with Crippen molar-refractivity contribution in [2.75, 3.05) is 0 Å². The van der Waals surface area contributed by atoms with Gasteiger partial charge in [-0.1, -0.05) is 18.2 Å². The van der Waals surface area contributed by atoms with E-state index in [-0.39, 0.29) is 16.9 Å². The van der Waals surface area contributed by atoms with Crippen LogP contribution in [0.3, 0.4) is 0 Å². The van der Waals surface area contributed by atoms with E-state index in [9.17, 15) is 9.59 Å². The molecule has 5 heteroatoms. The monoisotopic (exact) mass is 305 g/mol. The van der Waals surface area contributed by atoms with E-state index in [1.165, 1.54) is 5.56 Å². The number of carbonyl (C=O) groups is 1. The minimum absolute atomic E-state index is 0.187. The number of hydrogen-bond donors (Lipinski definition) is 1. The van der Waals surface area contributed by atoms with Crippen LogP contribution in [0, 0.1) is 0 Å². The van der Waals surface area contributed by atoms with Crippen LogP contribution in [0.5, 0.6) is 0 Å². The first-order valence-electron chi connectivity index (χ1n) is 7.57. The van der Waals surface area contributed by atoms with E-state index in [4.69, 9.17) is 0 Å². The van der Waals surface area contributed by atoms with E-state index >= 15 is 0 Å². The zero-order valence-corrected chi connectivity index (χ0v) is 12.5. The molecule has 0 fully saturated rings. The summed E-state index contributed by atoms with van der Waals surface area (Å²) < 4.78 is 2.00. The summed E-state index contributed by atoms with van der Waals surface area (Å²) in [5.74, 6) is -0.358. The van der Waals surface area contributed by atoms with Gasteiger partial charge in [-0.25, -0.2) is 0 Å². The Hall–Kier alpha value is -2.95. The zero-order valence-electron chi connectivity index (χ0n) is 12.5. The molecule has 5 nitrogen and oxygen atoms in total. The van der Waals surface area contributed by atoms with Crippen molar-refractivity contribution in [3.63, 3.8) is 0 Å². The van der Waals surface area contributed by atoms with Crippen LogP contribution in [0.15, 0.2) is 53.6 Å². The van der Waals surface area contributed by atoms with Crippen LogP contribution in [-0.2, 0) is 19.5 Å². The molecule has 1 aromatic carbocycles. The Balaban J connectivity index is 1.69. The van der Waals surface area contributed by atoms with Gasteiger partial charge in [0.25, 0.3) is 5.91 Å². The van der Waals surface area contributed by atoms with Gasteiger partial charge in [-0.2, -0.15) is 0 Å². The quantitative estimate of drug-likeness (QED) is 0.803. The largest absolute Gasteiger partial charge is 0.346 e. The molecular formula is C18H15N3O2. The van der Waals surface area contributed by atoms with Crippen molar-refractivity contribution in [3.8, 4) is 0 Å². The number of benzene rings is 1. The van der Waals surface area contributed by atoms with E-state index < -0.39 is 0 Å². The number of pyridine rings is 2. The number of hydrogen-bond acceptors (Lipinski definition) is 3. The van der Waals surface area contributed by atoms with Crippen LogP contribution in [0.1, 0.15) is 21.6 Å². The van der Waals surface area contributed by atoms with Crippen molar-refractivity contribution < 1.29 is 4.79 Å². The Kier molecular flexibility index (Phi) is 3.19.